The number of carbonyl (C=O) groups is 1. The number of hydrogen-bond donors (Lipinski definition) is 2. The molecule has 162 valence electrons. The van der Waals surface area contributed by atoms with Crippen LogP contribution < -0.4 is 10.6 Å². The average Bonchev–Trinajstić information content (AvgIpc) is 3.01. The van der Waals surface area contributed by atoms with Gasteiger partial charge in [-0.15, -0.1) is 0 Å². The van der Waals surface area contributed by atoms with Crippen molar-refractivity contribution in [1.82, 2.24) is 15.1 Å². The summed E-state index contributed by atoms with van der Waals surface area (Å²) in [5.74, 6) is 0.196. The standard InChI is InChI=1S/C24H28BrN5O/c1-5-30-18(4)20(17(3)29-30)13-14-26-24(27-19-10-8-9-16(2)15-19)28-23(31)21-11-6-7-12-22(21)25/h6-12,15H,5,13-14H2,1-4H3,(H2,26,27,28,31). The topological polar surface area (TPSA) is 71.3 Å². The van der Waals surface area contributed by atoms with Crippen molar-refractivity contribution in [2.24, 2.45) is 4.99 Å². The maximum atomic E-state index is 12.8. The molecule has 0 aliphatic heterocycles. The summed E-state index contributed by atoms with van der Waals surface area (Å²) in [5.41, 5.74) is 5.95. The molecular formula is C24H28BrN5O. The van der Waals surface area contributed by atoms with E-state index in [-0.39, 0.29) is 5.91 Å². The van der Waals surface area contributed by atoms with Crippen molar-refractivity contribution < 1.29 is 4.79 Å². The quantitative estimate of drug-likeness (QED) is 0.383. The predicted octanol–water partition coefficient (Wildman–Crippen LogP) is 5.03. The number of aliphatic imine (C=N–C) groups is 1. The average molecular weight is 482 g/mol. The fraction of sp³-hybridized carbons (Fsp3) is 0.292. The fourth-order valence-corrected chi connectivity index (χ4v) is 3.94. The number of anilines is 1. The van der Waals surface area contributed by atoms with Gasteiger partial charge in [-0.3, -0.25) is 19.8 Å². The van der Waals surface area contributed by atoms with Gasteiger partial charge in [-0.1, -0.05) is 24.3 Å². The van der Waals surface area contributed by atoms with Crippen LogP contribution in [0.5, 0.6) is 0 Å². The zero-order chi connectivity index (χ0) is 22.4. The van der Waals surface area contributed by atoms with Crippen molar-refractivity contribution in [3.8, 4) is 0 Å². The van der Waals surface area contributed by atoms with Crippen molar-refractivity contribution in [3.05, 3.63) is 81.1 Å². The molecule has 0 radical (unpaired) electrons. The molecule has 0 fully saturated rings. The molecule has 3 aromatic rings. The van der Waals surface area contributed by atoms with E-state index >= 15 is 0 Å². The van der Waals surface area contributed by atoms with E-state index in [1.54, 1.807) is 6.07 Å². The highest BCUT2D eigenvalue weighted by atomic mass is 79.9. The van der Waals surface area contributed by atoms with Crippen LogP contribution in [-0.4, -0.2) is 28.2 Å². The number of nitrogens with one attached hydrogen (secondary N) is 2. The van der Waals surface area contributed by atoms with Gasteiger partial charge in [-0.05, 0) is 85.4 Å². The molecule has 3 rings (SSSR count). The van der Waals surface area contributed by atoms with Gasteiger partial charge in [0.1, 0.15) is 0 Å². The Kier molecular flexibility index (Phi) is 7.63. The maximum absolute atomic E-state index is 12.8. The number of halogens is 1. The van der Waals surface area contributed by atoms with Crippen LogP contribution in [0.1, 0.15) is 39.8 Å². The SMILES string of the molecule is CCn1nc(C)c(CCN=C(NC(=O)c2ccccc2Br)Nc2cccc(C)c2)c1C. The number of hydrogen-bond acceptors (Lipinski definition) is 3. The van der Waals surface area contributed by atoms with Gasteiger partial charge in [0.25, 0.3) is 5.91 Å². The second-order valence-electron chi connectivity index (χ2n) is 7.37. The summed E-state index contributed by atoms with van der Waals surface area (Å²) in [7, 11) is 0. The monoisotopic (exact) mass is 481 g/mol. The van der Waals surface area contributed by atoms with Gasteiger partial charge in [-0.25, -0.2) is 0 Å². The Hall–Kier alpha value is -2.93. The third-order valence-corrected chi connectivity index (χ3v) is 5.79. The van der Waals surface area contributed by atoms with Crippen molar-refractivity contribution in [1.29, 1.82) is 0 Å². The Labute approximate surface area is 191 Å². The zero-order valence-corrected chi connectivity index (χ0v) is 20.0. The van der Waals surface area contributed by atoms with E-state index < -0.39 is 0 Å². The first-order valence-corrected chi connectivity index (χ1v) is 11.1. The molecule has 1 aromatic heterocycles. The van der Waals surface area contributed by atoms with Crippen molar-refractivity contribution in [2.45, 2.75) is 40.7 Å². The van der Waals surface area contributed by atoms with E-state index in [0.717, 1.165) is 34.4 Å². The summed E-state index contributed by atoms with van der Waals surface area (Å²) in [6, 6.07) is 15.3. The van der Waals surface area contributed by atoms with E-state index in [9.17, 15) is 4.79 Å². The van der Waals surface area contributed by atoms with Crippen LogP contribution >= 0.6 is 15.9 Å². The van der Waals surface area contributed by atoms with Crippen LogP contribution in [0.4, 0.5) is 5.69 Å². The Bertz CT molecular complexity index is 1100. The first kappa shape index (κ1) is 22.7. The highest BCUT2D eigenvalue weighted by Crippen LogP contribution is 2.16. The van der Waals surface area contributed by atoms with Crippen molar-refractivity contribution in [2.75, 3.05) is 11.9 Å². The van der Waals surface area contributed by atoms with Gasteiger partial charge in [0.15, 0.2) is 0 Å². The molecule has 0 atom stereocenters. The van der Waals surface area contributed by atoms with Gasteiger partial charge in [-0.2, -0.15) is 5.10 Å². The van der Waals surface area contributed by atoms with Crippen LogP contribution in [0, 0.1) is 20.8 Å². The van der Waals surface area contributed by atoms with Crippen LogP contribution in [0.2, 0.25) is 0 Å². The summed E-state index contributed by atoms with van der Waals surface area (Å²) in [6.07, 6.45) is 0.752. The van der Waals surface area contributed by atoms with E-state index in [1.807, 2.05) is 61.0 Å². The lowest BCUT2D eigenvalue weighted by atomic mass is 10.1. The molecular weight excluding hydrogens is 454 g/mol. The minimum atomic E-state index is -0.224. The third-order valence-electron chi connectivity index (χ3n) is 5.09. The molecule has 1 amide bonds. The molecule has 2 aromatic carbocycles. The highest BCUT2D eigenvalue weighted by Gasteiger charge is 2.13. The Balaban J connectivity index is 1.80. The maximum Gasteiger partial charge on any atom is 0.259 e. The van der Waals surface area contributed by atoms with Gasteiger partial charge in [0, 0.05) is 28.9 Å². The van der Waals surface area contributed by atoms with Gasteiger partial charge in [0.05, 0.1) is 11.3 Å². The summed E-state index contributed by atoms with van der Waals surface area (Å²) in [6.45, 7) is 9.60. The Morgan fingerprint density at radius 2 is 1.90 bits per heavy atom. The van der Waals surface area contributed by atoms with Crippen LogP contribution in [0.15, 0.2) is 58.0 Å². The second kappa shape index (κ2) is 10.4. The molecule has 0 saturated carbocycles. The number of aryl methyl sites for hydroxylation is 3. The van der Waals surface area contributed by atoms with E-state index in [2.05, 4.69) is 50.5 Å². The lowest BCUT2D eigenvalue weighted by Gasteiger charge is -2.13. The van der Waals surface area contributed by atoms with Gasteiger partial charge >= 0.3 is 0 Å². The smallest absolute Gasteiger partial charge is 0.259 e. The molecule has 6 nitrogen and oxygen atoms in total. The highest BCUT2D eigenvalue weighted by molar-refractivity contribution is 9.10. The molecule has 31 heavy (non-hydrogen) atoms. The Morgan fingerprint density at radius 3 is 2.58 bits per heavy atom. The summed E-state index contributed by atoms with van der Waals surface area (Å²) >= 11 is 3.44. The number of aromatic nitrogens is 2. The molecule has 0 aliphatic carbocycles. The van der Waals surface area contributed by atoms with Crippen LogP contribution in [0.3, 0.4) is 0 Å². The van der Waals surface area contributed by atoms with Crippen molar-refractivity contribution >= 4 is 33.5 Å². The normalized spacial score (nSPS) is 11.5. The largest absolute Gasteiger partial charge is 0.326 e. The molecule has 0 aliphatic rings. The summed E-state index contributed by atoms with van der Waals surface area (Å²) in [5, 5.41) is 10.8. The third kappa shape index (κ3) is 5.82. The summed E-state index contributed by atoms with van der Waals surface area (Å²) < 4.78 is 2.75. The molecule has 1 heterocycles. The van der Waals surface area contributed by atoms with Gasteiger partial charge < -0.3 is 5.32 Å². The minimum absolute atomic E-state index is 0.224. The number of amides is 1. The molecule has 0 saturated heterocycles. The van der Waals surface area contributed by atoms with Gasteiger partial charge in [0.2, 0.25) is 5.96 Å². The number of carbonyl (C=O) groups excluding carboxylic acids is 1. The van der Waals surface area contributed by atoms with Crippen molar-refractivity contribution in [3.63, 3.8) is 0 Å². The molecule has 2 N–H and O–H groups in total. The zero-order valence-electron chi connectivity index (χ0n) is 18.4. The molecule has 0 bridgehead atoms. The summed E-state index contributed by atoms with van der Waals surface area (Å²) in [4.78, 5) is 17.5. The Morgan fingerprint density at radius 1 is 1.13 bits per heavy atom. The van der Waals surface area contributed by atoms with E-state index in [4.69, 9.17) is 0 Å². The van der Waals surface area contributed by atoms with E-state index in [0.29, 0.717) is 18.1 Å². The number of rotatable bonds is 6. The fourth-order valence-electron chi connectivity index (χ4n) is 3.47. The minimum Gasteiger partial charge on any atom is -0.326 e. The van der Waals surface area contributed by atoms with E-state index in [1.165, 1.54) is 11.3 Å². The van der Waals surface area contributed by atoms with Crippen LogP contribution in [-0.2, 0) is 13.0 Å². The first-order valence-electron chi connectivity index (χ1n) is 10.4. The second-order valence-corrected chi connectivity index (χ2v) is 8.23. The number of nitrogens with zero attached hydrogens (tertiary/aromatic N) is 3. The first-order chi connectivity index (χ1) is 14.9. The predicted molar refractivity (Wildman–Crippen MR) is 130 cm³/mol. The number of benzene rings is 2. The molecule has 0 spiro atoms. The lowest BCUT2D eigenvalue weighted by Crippen LogP contribution is -2.36. The van der Waals surface area contributed by atoms with Crippen LogP contribution in [0.25, 0.3) is 0 Å². The lowest BCUT2D eigenvalue weighted by molar-refractivity contribution is 0.0976. The number of guanidine groups is 1. The molecule has 0 unspecified atom stereocenters. The molecule has 7 heteroatoms.